The highest BCUT2D eigenvalue weighted by Gasteiger charge is 2.16. The Morgan fingerprint density at radius 3 is 2.86 bits per heavy atom. The SMILES string of the molecule is CCCNC(CC1=CCCCC1)c1ccc(Cl)c(OC)c1. The Kier molecular flexibility index (Phi) is 6.59. The Hall–Kier alpha value is -0.990. The van der Waals surface area contributed by atoms with Crippen LogP contribution in [0.1, 0.15) is 57.1 Å². The molecule has 0 aliphatic heterocycles. The van der Waals surface area contributed by atoms with E-state index in [1.807, 2.05) is 6.07 Å². The molecule has 0 fully saturated rings. The van der Waals surface area contributed by atoms with Crippen LogP contribution in [-0.2, 0) is 0 Å². The molecule has 1 aromatic rings. The van der Waals surface area contributed by atoms with Crippen LogP contribution >= 0.6 is 11.6 Å². The zero-order chi connectivity index (χ0) is 15.1. The quantitative estimate of drug-likeness (QED) is 0.692. The van der Waals surface area contributed by atoms with Gasteiger partial charge in [-0.3, -0.25) is 0 Å². The monoisotopic (exact) mass is 307 g/mol. The summed E-state index contributed by atoms with van der Waals surface area (Å²) in [6, 6.07) is 6.46. The van der Waals surface area contributed by atoms with Crippen LogP contribution in [0.15, 0.2) is 29.8 Å². The van der Waals surface area contributed by atoms with E-state index in [1.165, 1.54) is 31.2 Å². The molecule has 1 aromatic carbocycles. The first-order valence-corrected chi connectivity index (χ1v) is 8.37. The van der Waals surface area contributed by atoms with Gasteiger partial charge in [-0.05, 0) is 62.8 Å². The fourth-order valence-corrected chi connectivity index (χ4v) is 3.07. The lowest BCUT2D eigenvalue weighted by molar-refractivity contribution is 0.413. The van der Waals surface area contributed by atoms with Crippen LogP contribution < -0.4 is 10.1 Å². The molecule has 0 bridgehead atoms. The third-order valence-electron chi connectivity index (χ3n) is 4.07. The van der Waals surface area contributed by atoms with Gasteiger partial charge in [0.05, 0.1) is 12.1 Å². The molecule has 0 radical (unpaired) electrons. The molecule has 1 unspecified atom stereocenters. The highest BCUT2D eigenvalue weighted by atomic mass is 35.5. The summed E-state index contributed by atoms with van der Waals surface area (Å²) >= 11 is 6.14. The van der Waals surface area contributed by atoms with Gasteiger partial charge in [0.15, 0.2) is 0 Å². The summed E-state index contributed by atoms with van der Waals surface area (Å²) in [4.78, 5) is 0. The van der Waals surface area contributed by atoms with Crippen LogP contribution in [0.25, 0.3) is 0 Å². The van der Waals surface area contributed by atoms with Crippen molar-refractivity contribution in [1.29, 1.82) is 0 Å². The van der Waals surface area contributed by atoms with Crippen molar-refractivity contribution in [2.75, 3.05) is 13.7 Å². The zero-order valence-electron chi connectivity index (χ0n) is 13.1. The van der Waals surface area contributed by atoms with Crippen molar-refractivity contribution >= 4 is 11.6 Å². The molecule has 0 amide bonds. The molecule has 0 saturated heterocycles. The van der Waals surface area contributed by atoms with Gasteiger partial charge < -0.3 is 10.1 Å². The number of benzene rings is 1. The summed E-state index contributed by atoms with van der Waals surface area (Å²) in [6.07, 6.45) is 9.80. The number of methoxy groups -OCH3 is 1. The molecule has 2 nitrogen and oxygen atoms in total. The van der Waals surface area contributed by atoms with Crippen molar-refractivity contribution in [1.82, 2.24) is 5.32 Å². The van der Waals surface area contributed by atoms with Gasteiger partial charge in [-0.1, -0.05) is 36.2 Å². The van der Waals surface area contributed by atoms with E-state index >= 15 is 0 Å². The van der Waals surface area contributed by atoms with Crippen LogP contribution in [0.3, 0.4) is 0 Å². The minimum atomic E-state index is 0.348. The third kappa shape index (κ3) is 4.76. The first kappa shape index (κ1) is 16.4. The minimum absolute atomic E-state index is 0.348. The fraction of sp³-hybridized carbons (Fsp3) is 0.556. The topological polar surface area (TPSA) is 21.3 Å². The van der Waals surface area contributed by atoms with Gasteiger partial charge >= 0.3 is 0 Å². The summed E-state index contributed by atoms with van der Waals surface area (Å²) in [6.45, 7) is 3.23. The van der Waals surface area contributed by atoms with Crippen LogP contribution in [0.2, 0.25) is 5.02 Å². The van der Waals surface area contributed by atoms with E-state index in [0.717, 1.165) is 25.1 Å². The molecular weight excluding hydrogens is 282 g/mol. The molecule has 2 rings (SSSR count). The number of hydrogen-bond acceptors (Lipinski definition) is 2. The second-order valence-electron chi connectivity index (χ2n) is 5.71. The Morgan fingerprint density at radius 2 is 2.19 bits per heavy atom. The number of nitrogens with one attached hydrogen (secondary N) is 1. The molecule has 0 saturated carbocycles. The summed E-state index contributed by atoms with van der Waals surface area (Å²) < 4.78 is 5.36. The van der Waals surface area contributed by atoms with Gasteiger partial charge in [0.25, 0.3) is 0 Å². The van der Waals surface area contributed by atoms with E-state index in [0.29, 0.717) is 11.1 Å². The van der Waals surface area contributed by atoms with Crippen molar-refractivity contribution in [3.63, 3.8) is 0 Å². The molecule has 1 aliphatic carbocycles. The normalized spacial score (nSPS) is 16.4. The van der Waals surface area contributed by atoms with Gasteiger partial charge in [-0.25, -0.2) is 0 Å². The Labute approximate surface area is 133 Å². The standard InChI is InChI=1S/C18H26ClNO/c1-3-11-20-17(12-14-7-5-4-6-8-14)15-9-10-16(19)18(13-15)21-2/h7,9-10,13,17,20H,3-6,8,11-12H2,1-2H3. The maximum atomic E-state index is 6.14. The predicted octanol–water partition coefficient (Wildman–Crippen LogP) is 5.28. The van der Waals surface area contributed by atoms with Crippen molar-refractivity contribution in [2.24, 2.45) is 0 Å². The molecule has 1 N–H and O–H groups in total. The average molecular weight is 308 g/mol. The number of rotatable bonds is 7. The van der Waals surface area contributed by atoms with Crippen LogP contribution in [-0.4, -0.2) is 13.7 Å². The van der Waals surface area contributed by atoms with E-state index in [-0.39, 0.29) is 0 Å². The zero-order valence-corrected chi connectivity index (χ0v) is 13.9. The van der Waals surface area contributed by atoms with Gasteiger partial charge in [0.2, 0.25) is 0 Å². The predicted molar refractivity (Wildman–Crippen MR) is 90.2 cm³/mol. The number of hydrogen-bond donors (Lipinski definition) is 1. The molecule has 0 aromatic heterocycles. The Morgan fingerprint density at radius 1 is 1.33 bits per heavy atom. The number of allylic oxidation sites excluding steroid dienone is 1. The van der Waals surface area contributed by atoms with Crippen molar-refractivity contribution in [2.45, 2.75) is 51.5 Å². The second kappa shape index (κ2) is 8.45. The maximum absolute atomic E-state index is 6.14. The fourth-order valence-electron chi connectivity index (χ4n) is 2.87. The molecular formula is C18H26ClNO. The average Bonchev–Trinajstić information content (AvgIpc) is 2.53. The lowest BCUT2D eigenvalue weighted by Gasteiger charge is -2.23. The Bertz CT molecular complexity index is 484. The first-order chi connectivity index (χ1) is 10.2. The molecule has 116 valence electrons. The Balaban J connectivity index is 2.16. The van der Waals surface area contributed by atoms with Gasteiger partial charge in [-0.2, -0.15) is 0 Å². The summed E-state index contributed by atoms with van der Waals surface area (Å²) in [7, 11) is 1.67. The lowest BCUT2D eigenvalue weighted by Crippen LogP contribution is -2.23. The van der Waals surface area contributed by atoms with E-state index in [2.05, 4.69) is 30.4 Å². The van der Waals surface area contributed by atoms with Crippen LogP contribution in [0.4, 0.5) is 0 Å². The van der Waals surface area contributed by atoms with Crippen LogP contribution in [0.5, 0.6) is 5.75 Å². The number of ether oxygens (including phenoxy) is 1. The number of halogens is 1. The molecule has 3 heteroatoms. The first-order valence-electron chi connectivity index (χ1n) is 7.99. The third-order valence-corrected chi connectivity index (χ3v) is 4.38. The van der Waals surface area contributed by atoms with E-state index in [9.17, 15) is 0 Å². The molecule has 0 spiro atoms. The maximum Gasteiger partial charge on any atom is 0.137 e. The second-order valence-corrected chi connectivity index (χ2v) is 6.12. The molecule has 1 atom stereocenters. The minimum Gasteiger partial charge on any atom is -0.495 e. The van der Waals surface area contributed by atoms with Gasteiger partial charge in [0, 0.05) is 6.04 Å². The smallest absolute Gasteiger partial charge is 0.137 e. The van der Waals surface area contributed by atoms with Crippen molar-refractivity contribution in [3.8, 4) is 5.75 Å². The molecule has 21 heavy (non-hydrogen) atoms. The lowest BCUT2D eigenvalue weighted by atomic mass is 9.91. The highest BCUT2D eigenvalue weighted by molar-refractivity contribution is 6.32. The van der Waals surface area contributed by atoms with Crippen LogP contribution in [0, 0.1) is 0 Å². The molecule has 1 aliphatic rings. The largest absolute Gasteiger partial charge is 0.495 e. The van der Waals surface area contributed by atoms with E-state index < -0.39 is 0 Å². The van der Waals surface area contributed by atoms with Gasteiger partial charge in [-0.15, -0.1) is 0 Å². The van der Waals surface area contributed by atoms with Gasteiger partial charge in [0.1, 0.15) is 5.75 Å². The molecule has 0 heterocycles. The van der Waals surface area contributed by atoms with Crippen molar-refractivity contribution < 1.29 is 4.74 Å². The summed E-state index contributed by atoms with van der Waals surface area (Å²) in [5.74, 6) is 0.759. The summed E-state index contributed by atoms with van der Waals surface area (Å²) in [5.41, 5.74) is 2.85. The van der Waals surface area contributed by atoms with Crippen molar-refractivity contribution in [3.05, 3.63) is 40.4 Å². The summed E-state index contributed by atoms with van der Waals surface area (Å²) in [5, 5.41) is 4.34. The van der Waals surface area contributed by atoms with E-state index in [4.69, 9.17) is 16.3 Å². The van der Waals surface area contributed by atoms with E-state index in [1.54, 1.807) is 12.7 Å². The highest BCUT2D eigenvalue weighted by Crippen LogP contribution is 2.32.